The van der Waals surface area contributed by atoms with Crippen LogP contribution in [0.15, 0.2) is 28.9 Å². The number of nitrogens with zero attached hydrogens (tertiary/aromatic N) is 2. The largest absolute Gasteiger partial charge is 0.463 e. The molecule has 1 N–H and O–H groups in total. The Morgan fingerprint density at radius 2 is 2.52 bits per heavy atom. The number of carbonyl (C=O) groups is 1. The van der Waals surface area contributed by atoms with E-state index in [2.05, 4.69) is 16.1 Å². The number of furan rings is 1. The monoisotopic (exact) mass is 313 g/mol. The van der Waals surface area contributed by atoms with Crippen LogP contribution in [0.4, 0.5) is 0 Å². The first-order chi connectivity index (χ1) is 11.3. The Labute approximate surface area is 134 Å². The normalized spacial score (nSPS) is 17.9. The van der Waals surface area contributed by atoms with E-state index >= 15 is 0 Å². The fraction of sp³-hybridized carbons (Fsp3) is 0.412. The van der Waals surface area contributed by atoms with Crippen LogP contribution in [0.3, 0.4) is 0 Å². The zero-order valence-electron chi connectivity index (χ0n) is 12.8. The quantitative estimate of drug-likeness (QED) is 0.678. The molecule has 0 aromatic carbocycles. The van der Waals surface area contributed by atoms with Crippen molar-refractivity contribution in [3.8, 4) is 23.8 Å². The van der Waals surface area contributed by atoms with Gasteiger partial charge < -0.3 is 14.1 Å². The Morgan fingerprint density at radius 3 is 3.30 bits per heavy atom. The molecule has 1 atom stereocenters. The number of aromatic amines is 1. The third kappa shape index (κ3) is 3.63. The average Bonchev–Trinajstić information content (AvgIpc) is 3.26. The van der Waals surface area contributed by atoms with Crippen LogP contribution >= 0.6 is 0 Å². The molecule has 1 amide bonds. The smallest absolute Gasteiger partial charge is 0.274 e. The van der Waals surface area contributed by atoms with Gasteiger partial charge in [0.25, 0.3) is 5.91 Å². The third-order valence-electron chi connectivity index (χ3n) is 3.93. The SMILES string of the molecule is C#CCOCC1CCCN(C(=O)c2cc(-c3ccco3)[nH]n2)C1. The lowest BCUT2D eigenvalue weighted by Crippen LogP contribution is -2.41. The first kappa shape index (κ1) is 15.4. The van der Waals surface area contributed by atoms with E-state index in [9.17, 15) is 4.79 Å². The summed E-state index contributed by atoms with van der Waals surface area (Å²) in [7, 11) is 0. The molecule has 0 aliphatic carbocycles. The number of piperidine rings is 1. The first-order valence-electron chi connectivity index (χ1n) is 7.67. The Hall–Kier alpha value is -2.52. The third-order valence-corrected chi connectivity index (χ3v) is 3.93. The van der Waals surface area contributed by atoms with E-state index in [1.165, 1.54) is 0 Å². The van der Waals surface area contributed by atoms with Gasteiger partial charge in [-0.15, -0.1) is 6.42 Å². The summed E-state index contributed by atoms with van der Waals surface area (Å²) in [6, 6.07) is 5.34. The van der Waals surface area contributed by atoms with Crippen molar-refractivity contribution in [3.63, 3.8) is 0 Å². The molecule has 3 rings (SSSR count). The predicted octanol–water partition coefficient (Wildman–Crippen LogP) is 2.17. The number of likely N-dealkylation sites (tertiary alicyclic amines) is 1. The van der Waals surface area contributed by atoms with Gasteiger partial charge in [0.05, 0.1) is 12.9 Å². The molecule has 1 fully saturated rings. The first-order valence-corrected chi connectivity index (χ1v) is 7.67. The molecule has 0 bridgehead atoms. The van der Waals surface area contributed by atoms with E-state index < -0.39 is 0 Å². The summed E-state index contributed by atoms with van der Waals surface area (Å²) in [5.41, 5.74) is 1.10. The van der Waals surface area contributed by atoms with Gasteiger partial charge in [-0.1, -0.05) is 5.92 Å². The Balaban J connectivity index is 1.62. The number of rotatable bonds is 5. The number of nitrogens with one attached hydrogen (secondary N) is 1. The summed E-state index contributed by atoms with van der Waals surface area (Å²) in [6.07, 6.45) is 8.78. The van der Waals surface area contributed by atoms with Gasteiger partial charge in [0.15, 0.2) is 11.5 Å². The summed E-state index contributed by atoms with van der Waals surface area (Å²) < 4.78 is 10.7. The van der Waals surface area contributed by atoms with E-state index in [0.717, 1.165) is 19.4 Å². The summed E-state index contributed by atoms with van der Waals surface area (Å²) in [6.45, 7) is 2.32. The molecule has 1 aliphatic rings. The molecule has 2 aromatic rings. The van der Waals surface area contributed by atoms with Crippen molar-refractivity contribution in [2.24, 2.45) is 5.92 Å². The zero-order chi connectivity index (χ0) is 16.1. The van der Waals surface area contributed by atoms with Crippen molar-refractivity contribution in [3.05, 3.63) is 30.2 Å². The molecule has 1 saturated heterocycles. The van der Waals surface area contributed by atoms with Crippen molar-refractivity contribution in [1.29, 1.82) is 0 Å². The molecule has 1 aliphatic heterocycles. The maximum absolute atomic E-state index is 12.6. The number of hydrogen-bond donors (Lipinski definition) is 1. The Kier molecular flexibility index (Phi) is 4.79. The molecule has 23 heavy (non-hydrogen) atoms. The van der Waals surface area contributed by atoms with Crippen LogP contribution < -0.4 is 0 Å². The van der Waals surface area contributed by atoms with Crippen LogP contribution in [0.2, 0.25) is 0 Å². The van der Waals surface area contributed by atoms with Gasteiger partial charge >= 0.3 is 0 Å². The fourth-order valence-electron chi connectivity index (χ4n) is 2.82. The van der Waals surface area contributed by atoms with Crippen LogP contribution in [-0.4, -0.2) is 47.3 Å². The molecule has 1 unspecified atom stereocenters. The number of carbonyl (C=O) groups excluding carboxylic acids is 1. The Bertz CT molecular complexity index is 684. The lowest BCUT2D eigenvalue weighted by atomic mass is 9.98. The second kappa shape index (κ2) is 7.16. The van der Waals surface area contributed by atoms with E-state index in [-0.39, 0.29) is 5.91 Å². The summed E-state index contributed by atoms with van der Waals surface area (Å²) in [4.78, 5) is 14.4. The maximum atomic E-state index is 12.6. The molecule has 0 spiro atoms. The lowest BCUT2D eigenvalue weighted by Gasteiger charge is -2.32. The van der Waals surface area contributed by atoms with Crippen molar-refractivity contribution < 1.29 is 13.9 Å². The maximum Gasteiger partial charge on any atom is 0.274 e. The number of terminal acetylenes is 1. The molecular formula is C17H19N3O3. The van der Waals surface area contributed by atoms with E-state index in [1.807, 2.05) is 11.0 Å². The lowest BCUT2D eigenvalue weighted by molar-refractivity contribution is 0.0529. The summed E-state index contributed by atoms with van der Waals surface area (Å²) >= 11 is 0. The van der Waals surface area contributed by atoms with E-state index in [4.69, 9.17) is 15.6 Å². The highest BCUT2D eigenvalue weighted by molar-refractivity contribution is 5.93. The standard InChI is InChI=1S/C17H19N3O3/c1-2-8-22-12-13-5-3-7-20(11-13)17(21)15-10-14(18-19-15)16-6-4-9-23-16/h1,4,6,9-10,13H,3,5,7-8,11-12H2,(H,18,19). The molecule has 0 saturated carbocycles. The molecule has 2 aromatic heterocycles. The van der Waals surface area contributed by atoms with Gasteiger partial charge in [-0.25, -0.2) is 0 Å². The molecule has 3 heterocycles. The van der Waals surface area contributed by atoms with Crippen LogP contribution in [0.1, 0.15) is 23.3 Å². The van der Waals surface area contributed by atoms with Gasteiger partial charge in [-0.3, -0.25) is 9.89 Å². The van der Waals surface area contributed by atoms with Crippen LogP contribution in [0.25, 0.3) is 11.5 Å². The predicted molar refractivity (Wildman–Crippen MR) is 84.6 cm³/mol. The molecule has 0 radical (unpaired) electrons. The second-order valence-corrected chi connectivity index (χ2v) is 5.62. The molecular weight excluding hydrogens is 294 g/mol. The van der Waals surface area contributed by atoms with Gasteiger partial charge in [-0.05, 0) is 25.0 Å². The Morgan fingerprint density at radius 1 is 1.61 bits per heavy atom. The van der Waals surface area contributed by atoms with E-state index in [1.54, 1.807) is 18.4 Å². The molecule has 120 valence electrons. The average molecular weight is 313 g/mol. The van der Waals surface area contributed by atoms with Crippen molar-refractivity contribution in [2.45, 2.75) is 12.8 Å². The number of H-pyrrole nitrogens is 1. The van der Waals surface area contributed by atoms with Crippen molar-refractivity contribution >= 4 is 5.91 Å². The number of amides is 1. The number of hydrogen-bond acceptors (Lipinski definition) is 4. The van der Waals surface area contributed by atoms with Gasteiger partial charge in [-0.2, -0.15) is 5.10 Å². The highest BCUT2D eigenvalue weighted by Crippen LogP contribution is 2.21. The second-order valence-electron chi connectivity index (χ2n) is 5.62. The molecule has 6 nitrogen and oxygen atoms in total. The zero-order valence-corrected chi connectivity index (χ0v) is 12.8. The van der Waals surface area contributed by atoms with Crippen LogP contribution in [0.5, 0.6) is 0 Å². The van der Waals surface area contributed by atoms with Gasteiger partial charge in [0, 0.05) is 25.1 Å². The minimum atomic E-state index is -0.0688. The summed E-state index contributed by atoms with van der Waals surface area (Å²) in [5.74, 6) is 3.38. The van der Waals surface area contributed by atoms with E-state index in [0.29, 0.717) is 42.8 Å². The van der Waals surface area contributed by atoms with Crippen molar-refractivity contribution in [2.75, 3.05) is 26.3 Å². The number of aromatic nitrogens is 2. The summed E-state index contributed by atoms with van der Waals surface area (Å²) in [5, 5.41) is 6.96. The van der Waals surface area contributed by atoms with Crippen LogP contribution in [0, 0.1) is 18.3 Å². The van der Waals surface area contributed by atoms with Crippen LogP contribution in [-0.2, 0) is 4.74 Å². The highest BCUT2D eigenvalue weighted by atomic mass is 16.5. The highest BCUT2D eigenvalue weighted by Gasteiger charge is 2.26. The van der Waals surface area contributed by atoms with Gasteiger partial charge in [0.2, 0.25) is 0 Å². The fourth-order valence-corrected chi connectivity index (χ4v) is 2.82. The molecule has 6 heteroatoms. The topological polar surface area (TPSA) is 71.4 Å². The van der Waals surface area contributed by atoms with Crippen molar-refractivity contribution in [1.82, 2.24) is 15.1 Å². The minimum Gasteiger partial charge on any atom is -0.463 e. The van der Waals surface area contributed by atoms with Gasteiger partial charge in [0.1, 0.15) is 12.3 Å². The minimum absolute atomic E-state index is 0.0688. The number of ether oxygens (including phenoxy) is 1.